The highest BCUT2D eigenvalue weighted by molar-refractivity contribution is 5.91. The molecule has 5 heterocycles. The normalized spacial score (nSPS) is 12.7. The van der Waals surface area contributed by atoms with Gasteiger partial charge in [-0.15, -0.1) is 0 Å². The van der Waals surface area contributed by atoms with Crippen LogP contribution in [0.5, 0.6) is 11.5 Å². The molecule has 0 aliphatic carbocycles. The highest BCUT2D eigenvalue weighted by Crippen LogP contribution is 2.33. The number of ether oxygens (including phenoxy) is 2. The van der Waals surface area contributed by atoms with Crippen LogP contribution in [0.2, 0.25) is 0 Å². The van der Waals surface area contributed by atoms with E-state index in [1.54, 1.807) is 0 Å². The summed E-state index contributed by atoms with van der Waals surface area (Å²) in [4.78, 5) is 17.5. The van der Waals surface area contributed by atoms with Gasteiger partial charge in [0.2, 0.25) is 0 Å². The first-order valence-electron chi connectivity index (χ1n) is 15.3. The molecule has 0 radical (unpaired) electrons. The summed E-state index contributed by atoms with van der Waals surface area (Å²) in [6.07, 6.45) is 6.15. The van der Waals surface area contributed by atoms with Crippen LogP contribution in [0.25, 0.3) is 56.5 Å². The van der Waals surface area contributed by atoms with E-state index in [2.05, 4.69) is 82.8 Å². The number of aromatic nitrogens is 4. The zero-order valence-electron chi connectivity index (χ0n) is 25.5. The fourth-order valence-corrected chi connectivity index (χ4v) is 5.90. The summed E-state index contributed by atoms with van der Waals surface area (Å²) in [5, 5.41) is 0. The fourth-order valence-electron chi connectivity index (χ4n) is 5.90. The number of rotatable bonds is 6. The topological polar surface area (TPSA) is 75.8 Å². The Morgan fingerprint density at radius 2 is 1.16 bits per heavy atom. The van der Waals surface area contributed by atoms with Gasteiger partial charge in [-0.2, -0.15) is 0 Å². The Kier molecular flexibility index (Phi) is 7.26. The van der Waals surface area contributed by atoms with Gasteiger partial charge in [-0.1, -0.05) is 24.3 Å². The quantitative estimate of drug-likeness (QED) is 0.206. The molecule has 44 heavy (non-hydrogen) atoms. The molecule has 0 spiro atoms. The second kappa shape index (κ2) is 11.5. The van der Waals surface area contributed by atoms with Gasteiger partial charge in [-0.3, -0.25) is 4.98 Å². The molecule has 0 unspecified atom stereocenters. The van der Waals surface area contributed by atoms with Gasteiger partial charge < -0.3 is 19.4 Å². The molecule has 2 N–H and O–H groups in total. The minimum absolute atomic E-state index is 0.121. The van der Waals surface area contributed by atoms with Gasteiger partial charge in [-0.05, 0) is 124 Å². The monoisotopic (exact) mass is 580 g/mol. The van der Waals surface area contributed by atoms with Gasteiger partial charge in [0.1, 0.15) is 11.5 Å². The summed E-state index contributed by atoms with van der Waals surface area (Å²) in [5.41, 5.74) is 12.3. The number of aromatic amines is 2. The Bertz CT molecular complexity index is 2010. The predicted octanol–water partition coefficient (Wildman–Crippen LogP) is 9.18. The van der Waals surface area contributed by atoms with Crippen molar-refractivity contribution in [3.8, 4) is 33.8 Å². The van der Waals surface area contributed by atoms with Gasteiger partial charge in [-0.25, -0.2) is 4.98 Å². The van der Waals surface area contributed by atoms with Gasteiger partial charge in [0.05, 0.1) is 29.3 Å². The largest absolute Gasteiger partial charge is 0.491 e. The van der Waals surface area contributed by atoms with Crippen molar-refractivity contribution in [1.82, 2.24) is 19.9 Å². The van der Waals surface area contributed by atoms with Gasteiger partial charge >= 0.3 is 0 Å². The summed E-state index contributed by atoms with van der Waals surface area (Å²) < 4.78 is 11.8. The molecule has 0 amide bonds. The van der Waals surface area contributed by atoms with Crippen LogP contribution in [0.15, 0.2) is 84.9 Å². The van der Waals surface area contributed by atoms with Crippen LogP contribution in [0, 0.1) is 0 Å². The molecule has 2 aromatic carbocycles. The molecular weight excluding hydrogens is 544 g/mol. The Labute approximate surface area is 257 Å². The molecule has 5 aromatic rings. The Morgan fingerprint density at radius 1 is 0.591 bits per heavy atom. The second-order valence-corrected chi connectivity index (χ2v) is 11.9. The van der Waals surface area contributed by atoms with E-state index in [0.29, 0.717) is 0 Å². The van der Waals surface area contributed by atoms with E-state index >= 15 is 0 Å². The molecule has 2 aliphatic heterocycles. The van der Waals surface area contributed by atoms with Crippen molar-refractivity contribution in [2.45, 2.75) is 52.7 Å². The number of fused-ring (bicyclic) bond motifs is 8. The molecule has 3 aromatic heterocycles. The number of hydrogen-bond acceptors (Lipinski definition) is 4. The molecule has 0 atom stereocenters. The number of benzene rings is 2. The molecule has 8 bridgehead atoms. The lowest BCUT2D eigenvalue weighted by Gasteiger charge is -2.11. The van der Waals surface area contributed by atoms with E-state index < -0.39 is 0 Å². The minimum atomic E-state index is 0.121. The van der Waals surface area contributed by atoms with E-state index in [9.17, 15) is 0 Å². The number of aryl methyl sites for hydroxylation is 2. The Morgan fingerprint density at radius 3 is 1.77 bits per heavy atom. The molecule has 0 saturated carbocycles. The van der Waals surface area contributed by atoms with Crippen molar-refractivity contribution in [2.24, 2.45) is 0 Å². The summed E-state index contributed by atoms with van der Waals surface area (Å²) in [6, 6.07) is 29.3. The zero-order chi connectivity index (χ0) is 30.2. The van der Waals surface area contributed by atoms with Crippen LogP contribution in [-0.4, -0.2) is 32.1 Å². The molecule has 6 nitrogen and oxygen atoms in total. The molecular formula is C38H36N4O2. The molecule has 0 fully saturated rings. The Balaban J connectivity index is 1.43. The molecule has 7 rings (SSSR count). The third kappa shape index (κ3) is 5.76. The van der Waals surface area contributed by atoms with Crippen molar-refractivity contribution in [1.29, 1.82) is 0 Å². The number of hydrogen-bond donors (Lipinski definition) is 2. The molecule has 2 aliphatic rings. The predicted molar refractivity (Wildman–Crippen MR) is 180 cm³/mol. The molecule has 0 saturated heterocycles. The second-order valence-electron chi connectivity index (χ2n) is 11.9. The van der Waals surface area contributed by atoms with E-state index in [1.165, 1.54) is 0 Å². The van der Waals surface area contributed by atoms with Crippen LogP contribution >= 0.6 is 0 Å². The average Bonchev–Trinajstić information content (AvgIpc) is 3.81. The molecule has 6 heteroatoms. The lowest BCUT2D eigenvalue weighted by Crippen LogP contribution is -2.05. The van der Waals surface area contributed by atoms with E-state index in [4.69, 9.17) is 19.4 Å². The summed E-state index contributed by atoms with van der Waals surface area (Å²) in [7, 11) is 0. The summed E-state index contributed by atoms with van der Waals surface area (Å²) in [6.45, 7) is 8.16. The smallest absolute Gasteiger partial charge is 0.119 e. The third-order valence-electron chi connectivity index (χ3n) is 7.71. The van der Waals surface area contributed by atoms with Crippen molar-refractivity contribution in [3.63, 3.8) is 0 Å². The highest BCUT2D eigenvalue weighted by Gasteiger charge is 2.16. The van der Waals surface area contributed by atoms with Crippen molar-refractivity contribution in [3.05, 3.63) is 108 Å². The Hall–Kier alpha value is -5.10. The van der Waals surface area contributed by atoms with Crippen molar-refractivity contribution < 1.29 is 9.47 Å². The lowest BCUT2D eigenvalue weighted by atomic mass is 10.0. The number of nitrogens with one attached hydrogen (secondary N) is 2. The summed E-state index contributed by atoms with van der Waals surface area (Å²) >= 11 is 0. The van der Waals surface area contributed by atoms with Crippen LogP contribution < -0.4 is 9.47 Å². The van der Waals surface area contributed by atoms with Crippen molar-refractivity contribution in [2.75, 3.05) is 0 Å². The minimum Gasteiger partial charge on any atom is -0.491 e. The average molecular weight is 581 g/mol. The van der Waals surface area contributed by atoms with Crippen molar-refractivity contribution >= 4 is 34.2 Å². The number of nitrogens with zero attached hydrogens (tertiary/aromatic N) is 2. The molecule has 220 valence electrons. The third-order valence-corrected chi connectivity index (χ3v) is 7.71. The van der Waals surface area contributed by atoms with Crippen LogP contribution in [0.1, 0.15) is 50.5 Å². The van der Waals surface area contributed by atoms with E-state index in [-0.39, 0.29) is 12.2 Å². The highest BCUT2D eigenvalue weighted by atomic mass is 16.5. The maximum absolute atomic E-state index is 5.91. The SMILES string of the molecule is CC(C)Oc1ccc(-c2c3nc(cc4ccc([nH]4)c(-c4ccc(OC(C)C)cc4)c4nc(cc5ccc2[nH]5)CC4)C=C3)cc1. The van der Waals surface area contributed by atoms with E-state index in [1.807, 2.05) is 52.0 Å². The van der Waals surface area contributed by atoms with Gasteiger partial charge in [0, 0.05) is 38.9 Å². The standard InChI is InChI=1S/C38H36N4O2/c1-23(2)43-31-13-5-25(6-14-31)37-33-17-9-27(39-33)21-29-11-19-35(41-29)38(26-7-15-32(16-8-26)44-24(3)4)36-20-12-30(42-36)22-28-10-18-34(37)40-28/h5-11,13-19,21-24,40-41H,12,20H2,1-4H3. The van der Waals surface area contributed by atoms with Crippen LogP contribution in [0.3, 0.4) is 0 Å². The van der Waals surface area contributed by atoms with Crippen LogP contribution in [0.4, 0.5) is 0 Å². The van der Waals surface area contributed by atoms with Gasteiger partial charge in [0.15, 0.2) is 0 Å². The van der Waals surface area contributed by atoms with E-state index in [0.717, 1.165) is 91.4 Å². The fraction of sp³-hybridized carbons (Fsp3) is 0.211. The first kappa shape index (κ1) is 27.7. The van der Waals surface area contributed by atoms with Crippen LogP contribution in [-0.2, 0) is 12.8 Å². The summed E-state index contributed by atoms with van der Waals surface area (Å²) in [5.74, 6) is 1.72. The maximum atomic E-state index is 5.91. The number of H-pyrrole nitrogens is 2. The zero-order valence-corrected chi connectivity index (χ0v) is 25.5. The maximum Gasteiger partial charge on any atom is 0.119 e. The first-order chi connectivity index (χ1) is 21.4. The van der Waals surface area contributed by atoms with Gasteiger partial charge in [0.25, 0.3) is 0 Å². The lowest BCUT2D eigenvalue weighted by molar-refractivity contribution is 0.242. The first-order valence-corrected chi connectivity index (χ1v) is 15.3.